The van der Waals surface area contributed by atoms with E-state index in [1.165, 1.54) is 29.3 Å². The van der Waals surface area contributed by atoms with Gasteiger partial charge >= 0.3 is 24.1 Å². The van der Waals surface area contributed by atoms with Crippen molar-refractivity contribution in [3.05, 3.63) is 42.3 Å². The summed E-state index contributed by atoms with van der Waals surface area (Å²) < 4.78 is 15.1. The quantitative estimate of drug-likeness (QED) is 0.316. The first-order valence-corrected chi connectivity index (χ1v) is 14.8. The van der Waals surface area contributed by atoms with Crippen molar-refractivity contribution in [2.45, 2.75) is 89.8 Å². The lowest BCUT2D eigenvalue weighted by Gasteiger charge is -2.27. The number of ether oxygens (including phenoxy) is 3. The molecule has 2 aliphatic rings. The molecule has 4 N–H and O–H groups in total. The fourth-order valence-electron chi connectivity index (χ4n) is 4.31. The second-order valence-electron chi connectivity index (χ2n) is 12.3. The van der Waals surface area contributed by atoms with Crippen LogP contribution in [-0.4, -0.2) is 115 Å². The molecule has 2 aliphatic heterocycles. The molecule has 0 aliphatic carbocycles. The number of amides is 2. The SMILES string of the molecule is CC(C)(C)OC(=O)N1C[C@@H](Nc2cnccn2)C[C@H]1C(=O)O.COC(=O)[C@@H]1C[C@H](N)CN1C(=O)OC(C)(C)C.Clc1cnccn1. The molecule has 2 fully saturated rings. The van der Waals surface area contributed by atoms with Crippen molar-refractivity contribution in [3.8, 4) is 0 Å². The Kier molecular flexibility index (Phi) is 13.9. The maximum atomic E-state index is 12.2. The highest BCUT2D eigenvalue weighted by Gasteiger charge is 2.42. The van der Waals surface area contributed by atoms with Crippen molar-refractivity contribution in [1.82, 2.24) is 29.7 Å². The summed E-state index contributed by atoms with van der Waals surface area (Å²) in [5.41, 5.74) is 4.49. The van der Waals surface area contributed by atoms with Crippen LogP contribution in [0.1, 0.15) is 54.4 Å². The molecule has 0 unspecified atom stereocenters. The number of likely N-dealkylation sites (tertiary alicyclic amines) is 2. The van der Waals surface area contributed by atoms with Gasteiger partial charge in [0.1, 0.15) is 34.3 Å². The van der Waals surface area contributed by atoms with E-state index < -0.39 is 47.4 Å². The van der Waals surface area contributed by atoms with E-state index in [0.717, 1.165) is 0 Å². The van der Waals surface area contributed by atoms with Crippen molar-refractivity contribution in [2.24, 2.45) is 5.73 Å². The van der Waals surface area contributed by atoms with Gasteiger partial charge in [0.25, 0.3) is 0 Å². The van der Waals surface area contributed by atoms with Crippen LogP contribution in [0.3, 0.4) is 0 Å². The van der Waals surface area contributed by atoms with Crippen molar-refractivity contribution >= 4 is 41.5 Å². The first kappa shape index (κ1) is 37.9. The van der Waals surface area contributed by atoms with Gasteiger partial charge in [0.05, 0.1) is 19.5 Å². The number of halogens is 1. The number of anilines is 1. The number of methoxy groups -OCH3 is 1. The fourth-order valence-corrected chi connectivity index (χ4v) is 4.42. The zero-order chi connectivity index (χ0) is 34.7. The normalized spacial score (nSPS) is 20.7. The predicted molar refractivity (Wildman–Crippen MR) is 167 cm³/mol. The maximum absolute atomic E-state index is 12.2. The van der Waals surface area contributed by atoms with Gasteiger partial charge in [-0.1, -0.05) is 11.6 Å². The van der Waals surface area contributed by atoms with Crippen LogP contribution in [0.15, 0.2) is 37.2 Å². The van der Waals surface area contributed by atoms with Gasteiger partial charge in [-0.2, -0.15) is 0 Å². The van der Waals surface area contributed by atoms with Gasteiger partial charge in [0, 0.05) is 56.4 Å². The molecule has 2 saturated heterocycles. The number of hydrogen-bond acceptors (Lipinski definition) is 13. The number of nitrogens with one attached hydrogen (secondary N) is 1. The van der Waals surface area contributed by atoms with Crippen molar-refractivity contribution < 1.29 is 38.5 Å². The Bertz CT molecular complexity index is 1290. The zero-order valence-electron chi connectivity index (χ0n) is 27.0. The Morgan fingerprint density at radius 2 is 1.41 bits per heavy atom. The number of aliphatic carboxylic acids is 1. The average Bonchev–Trinajstić information content (AvgIpc) is 3.57. The summed E-state index contributed by atoms with van der Waals surface area (Å²) >= 11 is 5.37. The Balaban J connectivity index is 0.000000270. The third-order valence-electron chi connectivity index (χ3n) is 6.10. The third-order valence-corrected chi connectivity index (χ3v) is 6.29. The van der Waals surface area contributed by atoms with Crippen LogP contribution in [0.5, 0.6) is 0 Å². The summed E-state index contributed by atoms with van der Waals surface area (Å²) in [5.74, 6) is -0.958. The van der Waals surface area contributed by atoms with E-state index in [9.17, 15) is 24.3 Å². The summed E-state index contributed by atoms with van der Waals surface area (Å²) in [5, 5.41) is 12.8. The number of nitrogens with two attached hydrogens (primary N) is 1. The lowest BCUT2D eigenvalue weighted by molar-refractivity contribution is -0.145. The molecule has 0 bridgehead atoms. The predicted octanol–water partition coefficient (Wildman–Crippen LogP) is 2.98. The molecule has 2 amide bonds. The van der Waals surface area contributed by atoms with Gasteiger partial charge in [0.15, 0.2) is 0 Å². The third kappa shape index (κ3) is 13.0. The number of aromatic nitrogens is 4. The number of carbonyl (C=O) groups excluding carboxylic acids is 3. The Hall–Kier alpha value is -4.31. The van der Waals surface area contributed by atoms with Crippen LogP contribution in [0, 0.1) is 0 Å². The molecule has 0 radical (unpaired) electrons. The Labute approximate surface area is 273 Å². The number of carbonyl (C=O) groups is 4. The standard InChI is InChI=1S/C14H20N4O4.C11H20N2O4.C4H3ClN2/c1-14(2,3)22-13(21)18-8-9(6-10(18)12(19)20)17-11-7-15-4-5-16-11;1-11(2,3)17-10(15)13-6-7(12)5-8(13)9(14)16-4;5-4-3-6-1-2-7-4/h4-5,7,9-10H,6,8H2,1-3H3,(H,16,17)(H,19,20);7-8H,5-6,12H2,1-4H3;1-3H/t9-,10-;7-,8-;/m00./s1. The van der Waals surface area contributed by atoms with Crippen molar-refractivity contribution in [2.75, 3.05) is 25.5 Å². The molecule has 4 atom stereocenters. The van der Waals surface area contributed by atoms with Crippen molar-refractivity contribution in [1.29, 1.82) is 0 Å². The van der Waals surface area contributed by atoms with Crippen LogP contribution < -0.4 is 11.1 Å². The molecule has 4 rings (SSSR count). The molecule has 254 valence electrons. The minimum atomic E-state index is -1.05. The lowest BCUT2D eigenvalue weighted by atomic mass is 10.2. The molecular weight excluding hydrogens is 624 g/mol. The van der Waals surface area contributed by atoms with E-state index >= 15 is 0 Å². The molecule has 46 heavy (non-hydrogen) atoms. The topological polar surface area (TPSA) is 212 Å². The van der Waals surface area contributed by atoms with E-state index in [1.54, 1.807) is 66.3 Å². The number of nitrogens with zero attached hydrogens (tertiary/aromatic N) is 6. The number of carboxylic acids is 1. The largest absolute Gasteiger partial charge is 0.480 e. The van der Waals surface area contributed by atoms with Gasteiger partial charge in [-0.3, -0.25) is 19.8 Å². The lowest BCUT2D eigenvalue weighted by Crippen LogP contribution is -2.44. The summed E-state index contributed by atoms with van der Waals surface area (Å²) in [7, 11) is 1.29. The van der Waals surface area contributed by atoms with Crippen molar-refractivity contribution in [3.63, 3.8) is 0 Å². The van der Waals surface area contributed by atoms with Gasteiger partial charge < -0.3 is 30.4 Å². The van der Waals surface area contributed by atoms with Gasteiger partial charge in [-0.15, -0.1) is 0 Å². The number of carboxylic acid groups (broad SMARTS) is 1. The molecule has 2 aromatic rings. The molecule has 17 heteroatoms. The summed E-state index contributed by atoms with van der Waals surface area (Å²) in [6.45, 7) is 11.1. The smallest absolute Gasteiger partial charge is 0.411 e. The summed E-state index contributed by atoms with van der Waals surface area (Å²) in [6, 6.07) is -1.98. The molecule has 4 heterocycles. The summed E-state index contributed by atoms with van der Waals surface area (Å²) in [4.78, 5) is 64.9. The molecular formula is C29H43ClN8O8. The van der Waals surface area contributed by atoms with Gasteiger partial charge in [0.2, 0.25) is 0 Å². The Morgan fingerprint density at radius 3 is 1.83 bits per heavy atom. The van der Waals surface area contributed by atoms with Gasteiger partial charge in [-0.05, 0) is 48.0 Å². The van der Waals surface area contributed by atoms with Crippen LogP contribution >= 0.6 is 11.6 Å². The molecule has 0 aromatic carbocycles. The maximum Gasteiger partial charge on any atom is 0.411 e. The second kappa shape index (κ2) is 16.8. The summed E-state index contributed by atoms with van der Waals surface area (Å²) in [6.07, 6.45) is 8.78. The minimum absolute atomic E-state index is 0.216. The van der Waals surface area contributed by atoms with Crippen LogP contribution in [-0.2, 0) is 23.8 Å². The van der Waals surface area contributed by atoms with Crippen LogP contribution in [0.2, 0.25) is 5.15 Å². The zero-order valence-corrected chi connectivity index (χ0v) is 27.8. The van der Waals surface area contributed by atoms with Gasteiger partial charge in [-0.25, -0.2) is 29.1 Å². The van der Waals surface area contributed by atoms with E-state index in [4.69, 9.17) is 26.8 Å². The highest BCUT2D eigenvalue weighted by molar-refractivity contribution is 6.29. The number of esters is 1. The van der Waals surface area contributed by atoms with E-state index in [-0.39, 0.29) is 25.0 Å². The first-order chi connectivity index (χ1) is 21.4. The second-order valence-corrected chi connectivity index (χ2v) is 12.7. The molecule has 0 saturated carbocycles. The average molecular weight is 667 g/mol. The van der Waals surface area contributed by atoms with E-state index in [0.29, 0.717) is 23.9 Å². The highest BCUT2D eigenvalue weighted by Crippen LogP contribution is 2.24. The van der Waals surface area contributed by atoms with E-state index in [2.05, 4.69) is 30.0 Å². The number of hydrogen-bond donors (Lipinski definition) is 3. The molecule has 0 spiro atoms. The first-order valence-electron chi connectivity index (χ1n) is 14.4. The van der Waals surface area contributed by atoms with Crippen LogP contribution in [0.25, 0.3) is 0 Å². The monoisotopic (exact) mass is 666 g/mol. The molecule has 2 aromatic heterocycles. The highest BCUT2D eigenvalue weighted by atomic mass is 35.5. The fraction of sp³-hybridized carbons (Fsp3) is 0.586. The van der Waals surface area contributed by atoms with Crippen LogP contribution in [0.4, 0.5) is 15.4 Å². The Morgan fingerprint density at radius 1 is 0.870 bits per heavy atom. The number of rotatable bonds is 4. The molecule has 16 nitrogen and oxygen atoms in total. The minimum Gasteiger partial charge on any atom is -0.480 e. The van der Waals surface area contributed by atoms with E-state index in [1.807, 2.05) is 0 Å².